The lowest BCUT2D eigenvalue weighted by atomic mass is 9.96. The number of hydrogen-bond acceptors (Lipinski definition) is 3. The molecule has 0 aliphatic carbocycles. The van der Waals surface area contributed by atoms with E-state index in [9.17, 15) is 4.79 Å². The second kappa shape index (κ2) is 7.73. The van der Waals surface area contributed by atoms with Crippen LogP contribution in [0.2, 0.25) is 10.0 Å². The van der Waals surface area contributed by atoms with Crippen LogP contribution in [0.1, 0.15) is 20.8 Å². The van der Waals surface area contributed by atoms with Crippen molar-refractivity contribution in [2.75, 3.05) is 39.3 Å². The summed E-state index contributed by atoms with van der Waals surface area (Å²) in [5.41, 5.74) is 0.278. The molecule has 0 spiro atoms. The number of piperazine rings is 1. The molecule has 0 unspecified atom stereocenters. The van der Waals surface area contributed by atoms with E-state index in [-0.39, 0.29) is 17.9 Å². The first-order valence-electron chi connectivity index (χ1n) is 7.82. The summed E-state index contributed by atoms with van der Waals surface area (Å²) >= 11 is 11.9. The average molecular weight is 359 g/mol. The Kier molecular flexibility index (Phi) is 6.18. The molecular formula is C17H24Cl2N2O2. The molecule has 0 bridgehead atoms. The molecule has 0 atom stereocenters. The normalized spacial score (nSPS) is 16.5. The van der Waals surface area contributed by atoms with E-state index in [0.29, 0.717) is 15.8 Å². The highest BCUT2D eigenvalue weighted by Crippen LogP contribution is 2.27. The minimum atomic E-state index is -0.00794. The van der Waals surface area contributed by atoms with Gasteiger partial charge in [-0.3, -0.25) is 9.69 Å². The van der Waals surface area contributed by atoms with Gasteiger partial charge in [-0.2, -0.15) is 0 Å². The fourth-order valence-corrected chi connectivity index (χ4v) is 3.11. The summed E-state index contributed by atoms with van der Waals surface area (Å²) in [7, 11) is 0. The van der Waals surface area contributed by atoms with Gasteiger partial charge in [0.25, 0.3) is 5.91 Å². The monoisotopic (exact) mass is 358 g/mol. The van der Waals surface area contributed by atoms with Crippen LogP contribution < -0.4 is 4.74 Å². The Morgan fingerprint density at radius 2 is 1.83 bits per heavy atom. The highest BCUT2D eigenvalue weighted by Gasteiger charge is 2.24. The van der Waals surface area contributed by atoms with E-state index in [1.54, 1.807) is 18.2 Å². The van der Waals surface area contributed by atoms with Crippen LogP contribution >= 0.6 is 23.2 Å². The molecule has 0 N–H and O–H groups in total. The Bertz CT molecular complexity index is 550. The number of ether oxygens (including phenoxy) is 1. The summed E-state index contributed by atoms with van der Waals surface area (Å²) in [6.45, 7) is 11.0. The SMILES string of the molecule is CC(C)(C)CN1CCN(C(=O)COc2ccc(Cl)cc2Cl)CC1. The largest absolute Gasteiger partial charge is 0.482 e. The van der Waals surface area contributed by atoms with E-state index in [4.69, 9.17) is 27.9 Å². The van der Waals surface area contributed by atoms with Crippen molar-refractivity contribution >= 4 is 29.1 Å². The molecule has 1 amide bonds. The van der Waals surface area contributed by atoms with Gasteiger partial charge in [0.2, 0.25) is 0 Å². The number of benzene rings is 1. The van der Waals surface area contributed by atoms with Gasteiger partial charge < -0.3 is 9.64 Å². The lowest BCUT2D eigenvalue weighted by Gasteiger charge is -2.37. The first-order valence-corrected chi connectivity index (χ1v) is 8.58. The standard InChI is InChI=1S/C17H24Cl2N2O2/c1-17(2,3)12-20-6-8-21(9-7-20)16(22)11-23-15-5-4-13(18)10-14(15)19/h4-5,10H,6-9,11-12H2,1-3H3. The fraction of sp³-hybridized carbons (Fsp3) is 0.588. The van der Waals surface area contributed by atoms with Gasteiger partial charge >= 0.3 is 0 Å². The number of carbonyl (C=O) groups is 1. The number of carbonyl (C=O) groups excluding carboxylic acids is 1. The van der Waals surface area contributed by atoms with Crippen molar-refractivity contribution in [1.29, 1.82) is 0 Å². The highest BCUT2D eigenvalue weighted by molar-refractivity contribution is 6.35. The minimum absolute atomic E-state index is 0.000618. The first-order chi connectivity index (χ1) is 10.7. The number of hydrogen-bond donors (Lipinski definition) is 0. The summed E-state index contributed by atoms with van der Waals surface area (Å²) in [5.74, 6) is 0.474. The topological polar surface area (TPSA) is 32.8 Å². The second-order valence-corrected chi connectivity index (χ2v) is 7.92. The molecule has 0 saturated carbocycles. The van der Waals surface area contributed by atoms with Crippen LogP contribution in [0.5, 0.6) is 5.75 Å². The molecule has 0 radical (unpaired) electrons. The number of rotatable bonds is 4. The maximum absolute atomic E-state index is 12.3. The van der Waals surface area contributed by atoms with Gasteiger partial charge in [-0.05, 0) is 23.6 Å². The third kappa shape index (κ3) is 5.87. The van der Waals surface area contributed by atoms with E-state index in [0.717, 1.165) is 32.7 Å². The third-order valence-electron chi connectivity index (χ3n) is 3.67. The second-order valence-electron chi connectivity index (χ2n) is 7.08. The van der Waals surface area contributed by atoms with Crippen LogP contribution in [-0.4, -0.2) is 55.0 Å². The Hall–Kier alpha value is -0.970. The third-order valence-corrected chi connectivity index (χ3v) is 4.20. The first kappa shape index (κ1) is 18.4. The molecule has 1 aromatic rings. The van der Waals surface area contributed by atoms with Crippen LogP contribution in [0.15, 0.2) is 18.2 Å². The van der Waals surface area contributed by atoms with E-state index in [2.05, 4.69) is 25.7 Å². The fourth-order valence-electron chi connectivity index (χ4n) is 2.65. The van der Waals surface area contributed by atoms with Gasteiger partial charge in [0.1, 0.15) is 5.75 Å². The van der Waals surface area contributed by atoms with E-state index < -0.39 is 0 Å². The van der Waals surface area contributed by atoms with Gasteiger partial charge in [-0.15, -0.1) is 0 Å². The van der Waals surface area contributed by atoms with Crippen molar-refractivity contribution in [3.05, 3.63) is 28.2 Å². The maximum Gasteiger partial charge on any atom is 0.260 e. The molecule has 1 fully saturated rings. The quantitative estimate of drug-likeness (QED) is 0.824. The molecule has 1 saturated heterocycles. The zero-order valence-electron chi connectivity index (χ0n) is 13.9. The zero-order valence-corrected chi connectivity index (χ0v) is 15.5. The van der Waals surface area contributed by atoms with Gasteiger partial charge in [0.15, 0.2) is 6.61 Å². The van der Waals surface area contributed by atoms with Crippen LogP contribution in [0.4, 0.5) is 0 Å². The van der Waals surface area contributed by atoms with Crippen molar-refractivity contribution in [1.82, 2.24) is 9.80 Å². The van der Waals surface area contributed by atoms with Crippen molar-refractivity contribution in [3.63, 3.8) is 0 Å². The molecule has 1 aromatic carbocycles. The van der Waals surface area contributed by atoms with Crippen molar-refractivity contribution in [2.24, 2.45) is 5.41 Å². The van der Waals surface area contributed by atoms with Gasteiger partial charge in [0, 0.05) is 37.7 Å². The zero-order chi connectivity index (χ0) is 17.0. The Balaban J connectivity index is 1.79. The Morgan fingerprint density at radius 1 is 1.17 bits per heavy atom. The van der Waals surface area contributed by atoms with Crippen LogP contribution in [-0.2, 0) is 4.79 Å². The summed E-state index contributed by atoms with van der Waals surface area (Å²) in [4.78, 5) is 16.5. The van der Waals surface area contributed by atoms with E-state index >= 15 is 0 Å². The van der Waals surface area contributed by atoms with E-state index in [1.807, 2.05) is 4.90 Å². The average Bonchev–Trinajstić information content (AvgIpc) is 2.45. The highest BCUT2D eigenvalue weighted by atomic mass is 35.5. The molecular weight excluding hydrogens is 335 g/mol. The number of halogens is 2. The summed E-state index contributed by atoms with van der Waals surface area (Å²) < 4.78 is 5.52. The summed E-state index contributed by atoms with van der Waals surface area (Å²) in [5, 5.41) is 0.962. The number of nitrogens with zero attached hydrogens (tertiary/aromatic N) is 2. The van der Waals surface area contributed by atoms with Crippen molar-refractivity contribution in [3.8, 4) is 5.75 Å². The molecule has 1 aliphatic heterocycles. The van der Waals surface area contributed by atoms with Crippen LogP contribution in [0.25, 0.3) is 0 Å². The van der Waals surface area contributed by atoms with Crippen molar-refractivity contribution in [2.45, 2.75) is 20.8 Å². The van der Waals surface area contributed by atoms with Gasteiger partial charge in [-0.1, -0.05) is 44.0 Å². The number of amides is 1. The van der Waals surface area contributed by atoms with Gasteiger partial charge in [-0.25, -0.2) is 0 Å². The lowest BCUT2D eigenvalue weighted by molar-refractivity contribution is -0.135. The summed E-state index contributed by atoms with van der Waals surface area (Å²) in [6.07, 6.45) is 0. The minimum Gasteiger partial charge on any atom is -0.482 e. The van der Waals surface area contributed by atoms with Crippen LogP contribution in [0, 0.1) is 5.41 Å². The van der Waals surface area contributed by atoms with Crippen LogP contribution in [0.3, 0.4) is 0 Å². The molecule has 6 heteroatoms. The predicted octanol–water partition coefficient (Wildman–Crippen LogP) is 3.56. The Labute approximate surface area is 148 Å². The Morgan fingerprint density at radius 3 is 2.39 bits per heavy atom. The molecule has 128 valence electrons. The molecule has 1 heterocycles. The molecule has 23 heavy (non-hydrogen) atoms. The molecule has 4 nitrogen and oxygen atoms in total. The summed E-state index contributed by atoms with van der Waals surface area (Å²) in [6, 6.07) is 4.98. The lowest BCUT2D eigenvalue weighted by Crippen LogP contribution is -2.51. The predicted molar refractivity (Wildman–Crippen MR) is 94.4 cm³/mol. The van der Waals surface area contributed by atoms with Crippen molar-refractivity contribution < 1.29 is 9.53 Å². The molecule has 2 rings (SSSR count). The maximum atomic E-state index is 12.3. The van der Waals surface area contributed by atoms with Gasteiger partial charge in [0.05, 0.1) is 5.02 Å². The molecule has 0 aromatic heterocycles. The van der Waals surface area contributed by atoms with E-state index in [1.165, 1.54) is 0 Å². The molecule has 1 aliphatic rings. The smallest absolute Gasteiger partial charge is 0.260 e.